The van der Waals surface area contributed by atoms with Crippen molar-refractivity contribution in [2.75, 3.05) is 20.2 Å². The molecule has 3 heteroatoms. The number of benzene rings is 2. The fraction of sp³-hybridized carbons (Fsp3) is 0.409. The van der Waals surface area contributed by atoms with E-state index in [1.807, 2.05) is 18.7 Å². The van der Waals surface area contributed by atoms with Gasteiger partial charge in [0.1, 0.15) is 5.75 Å². The number of amides is 1. The minimum Gasteiger partial charge on any atom is -0.496 e. The van der Waals surface area contributed by atoms with Crippen molar-refractivity contribution in [1.82, 2.24) is 4.90 Å². The number of carbonyl (C=O) groups excluding carboxylic acids is 1. The van der Waals surface area contributed by atoms with Crippen molar-refractivity contribution < 1.29 is 9.53 Å². The zero-order chi connectivity index (χ0) is 17.8. The first-order valence-corrected chi connectivity index (χ1v) is 9.23. The molecule has 25 heavy (non-hydrogen) atoms. The van der Waals surface area contributed by atoms with E-state index in [-0.39, 0.29) is 5.91 Å². The second-order valence-electron chi connectivity index (χ2n) is 6.62. The number of hydrogen-bond acceptors (Lipinski definition) is 2. The van der Waals surface area contributed by atoms with Crippen LogP contribution in [0.2, 0.25) is 0 Å². The Bertz CT molecular complexity index is 745. The van der Waals surface area contributed by atoms with Crippen molar-refractivity contribution in [1.29, 1.82) is 0 Å². The van der Waals surface area contributed by atoms with Gasteiger partial charge in [0.25, 0.3) is 5.91 Å². The summed E-state index contributed by atoms with van der Waals surface area (Å²) in [6.07, 6.45) is 3.61. The Hall–Kier alpha value is -2.29. The number of aryl methyl sites for hydroxylation is 4. The van der Waals surface area contributed by atoms with Gasteiger partial charge in [-0.3, -0.25) is 4.79 Å². The maximum atomic E-state index is 13.0. The molecule has 0 aromatic heterocycles. The third-order valence-corrected chi connectivity index (χ3v) is 5.18. The van der Waals surface area contributed by atoms with E-state index in [1.165, 1.54) is 11.1 Å². The van der Waals surface area contributed by atoms with Gasteiger partial charge < -0.3 is 9.64 Å². The van der Waals surface area contributed by atoms with Crippen molar-refractivity contribution in [3.8, 4) is 5.75 Å². The number of hydrogen-bond donors (Lipinski definition) is 0. The highest BCUT2D eigenvalue weighted by molar-refractivity contribution is 5.96. The molecular weight excluding hydrogens is 310 g/mol. The zero-order valence-corrected chi connectivity index (χ0v) is 15.5. The molecule has 0 radical (unpaired) electrons. The molecule has 0 N–H and O–H groups in total. The molecule has 3 nitrogen and oxygen atoms in total. The Morgan fingerprint density at radius 2 is 1.48 bits per heavy atom. The molecule has 0 heterocycles. The summed E-state index contributed by atoms with van der Waals surface area (Å²) in [5, 5.41) is 0. The molecule has 0 fully saturated rings. The summed E-state index contributed by atoms with van der Waals surface area (Å²) in [4.78, 5) is 14.9. The molecular formula is C22H27NO2. The number of methoxy groups -OCH3 is 1. The molecule has 4 aliphatic carbocycles. The monoisotopic (exact) mass is 337 g/mol. The predicted molar refractivity (Wildman–Crippen MR) is 102 cm³/mol. The highest BCUT2D eigenvalue weighted by Gasteiger charge is 2.20. The van der Waals surface area contributed by atoms with E-state index in [1.54, 1.807) is 7.11 Å². The molecule has 4 aliphatic rings. The quantitative estimate of drug-likeness (QED) is 0.842. The minimum atomic E-state index is 0.134. The summed E-state index contributed by atoms with van der Waals surface area (Å²) in [5.41, 5.74) is 5.68. The SMILES string of the molecule is CCN(CC)C(=O)c1cc2c(OC)cc1CCc1ccc(cc1)CC2. The Morgan fingerprint density at radius 1 is 0.920 bits per heavy atom. The maximum Gasteiger partial charge on any atom is 0.254 e. The third-order valence-electron chi connectivity index (χ3n) is 5.18. The first-order valence-electron chi connectivity index (χ1n) is 9.23. The Kier molecular flexibility index (Phi) is 5.42. The van der Waals surface area contributed by atoms with E-state index >= 15 is 0 Å². The highest BCUT2D eigenvalue weighted by Crippen LogP contribution is 2.28. The molecule has 0 spiro atoms. The van der Waals surface area contributed by atoms with E-state index in [9.17, 15) is 4.79 Å². The van der Waals surface area contributed by atoms with Crippen LogP contribution in [0.25, 0.3) is 0 Å². The van der Waals surface area contributed by atoms with Crippen LogP contribution in [0.1, 0.15) is 46.5 Å². The fourth-order valence-electron chi connectivity index (χ4n) is 3.57. The van der Waals surface area contributed by atoms with Crippen LogP contribution in [0.15, 0.2) is 36.4 Å². The fourth-order valence-corrected chi connectivity index (χ4v) is 3.57. The summed E-state index contributed by atoms with van der Waals surface area (Å²) < 4.78 is 5.63. The van der Waals surface area contributed by atoms with E-state index in [0.29, 0.717) is 0 Å². The van der Waals surface area contributed by atoms with Crippen LogP contribution in [0, 0.1) is 0 Å². The average Bonchev–Trinajstić information content (AvgIpc) is 2.64. The molecule has 1 amide bonds. The smallest absolute Gasteiger partial charge is 0.254 e. The molecule has 0 saturated carbocycles. The van der Waals surface area contributed by atoms with Gasteiger partial charge in [0.15, 0.2) is 0 Å². The van der Waals surface area contributed by atoms with E-state index < -0.39 is 0 Å². The Labute approximate surface area is 150 Å². The summed E-state index contributed by atoms with van der Waals surface area (Å²) in [6.45, 7) is 5.53. The molecule has 2 aromatic rings. The predicted octanol–water partition coefficient (Wildman–Crippen LogP) is 4.06. The maximum absolute atomic E-state index is 13.0. The highest BCUT2D eigenvalue weighted by atomic mass is 16.5. The lowest BCUT2D eigenvalue weighted by Crippen LogP contribution is -2.31. The van der Waals surface area contributed by atoms with Crippen molar-refractivity contribution in [3.05, 3.63) is 64.2 Å². The zero-order valence-electron chi connectivity index (χ0n) is 15.5. The van der Waals surface area contributed by atoms with Crippen LogP contribution < -0.4 is 4.74 Å². The summed E-state index contributed by atoms with van der Waals surface area (Å²) in [6, 6.07) is 13.0. The van der Waals surface area contributed by atoms with Gasteiger partial charge in [-0.05, 0) is 73.9 Å². The number of nitrogens with zero attached hydrogens (tertiary/aromatic N) is 1. The number of rotatable bonds is 4. The lowest BCUT2D eigenvalue weighted by Gasteiger charge is -2.22. The van der Waals surface area contributed by atoms with Crippen molar-refractivity contribution in [2.45, 2.75) is 39.5 Å². The van der Waals surface area contributed by atoms with E-state index in [0.717, 1.165) is 61.2 Å². The Morgan fingerprint density at radius 3 is 2.00 bits per heavy atom. The van der Waals surface area contributed by atoms with Gasteiger partial charge in [0.2, 0.25) is 0 Å². The normalized spacial score (nSPS) is 13.2. The summed E-state index contributed by atoms with van der Waals surface area (Å²) in [7, 11) is 1.72. The molecule has 132 valence electrons. The van der Waals surface area contributed by atoms with Crippen LogP contribution in [-0.4, -0.2) is 31.0 Å². The van der Waals surface area contributed by atoms with Crippen molar-refractivity contribution >= 4 is 5.91 Å². The van der Waals surface area contributed by atoms with Crippen LogP contribution in [-0.2, 0) is 25.7 Å². The van der Waals surface area contributed by atoms with Gasteiger partial charge >= 0.3 is 0 Å². The van der Waals surface area contributed by atoms with Crippen molar-refractivity contribution in [3.63, 3.8) is 0 Å². The summed E-state index contributed by atoms with van der Waals surface area (Å²) in [5.74, 6) is 1.04. The van der Waals surface area contributed by atoms with Gasteiger partial charge in [0, 0.05) is 18.7 Å². The first kappa shape index (κ1) is 17.5. The molecule has 2 aromatic carbocycles. The molecule has 0 saturated heterocycles. The summed E-state index contributed by atoms with van der Waals surface area (Å²) >= 11 is 0. The van der Waals surface area contributed by atoms with Gasteiger partial charge in [-0.25, -0.2) is 0 Å². The lowest BCUT2D eigenvalue weighted by molar-refractivity contribution is 0.0771. The largest absolute Gasteiger partial charge is 0.496 e. The molecule has 6 rings (SSSR count). The van der Waals surface area contributed by atoms with E-state index in [4.69, 9.17) is 4.74 Å². The van der Waals surface area contributed by atoms with E-state index in [2.05, 4.69) is 36.4 Å². The van der Waals surface area contributed by atoms with Crippen LogP contribution in [0.4, 0.5) is 0 Å². The van der Waals surface area contributed by atoms with Gasteiger partial charge in [0.05, 0.1) is 7.11 Å². The third kappa shape index (κ3) is 3.71. The van der Waals surface area contributed by atoms with Crippen molar-refractivity contribution in [2.24, 2.45) is 0 Å². The molecule has 0 atom stereocenters. The second-order valence-corrected chi connectivity index (χ2v) is 6.62. The Balaban J connectivity index is 2.07. The molecule has 0 aliphatic heterocycles. The molecule has 4 bridgehead atoms. The standard InChI is InChI=1S/C22H27NO2/c1-4-23(5-2)22(24)20-14-19-13-11-17-8-6-16(7-9-17)10-12-18(20)15-21(19)25-3/h6-9,14-15H,4-5,10-13H2,1-3H3. The van der Waals surface area contributed by atoms with Gasteiger partial charge in [-0.1, -0.05) is 24.3 Å². The van der Waals surface area contributed by atoms with Crippen LogP contribution >= 0.6 is 0 Å². The number of carbonyl (C=O) groups is 1. The van der Waals surface area contributed by atoms with Gasteiger partial charge in [-0.2, -0.15) is 0 Å². The second kappa shape index (κ2) is 7.73. The van der Waals surface area contributed by atoms with Gasteiger partial charge in [-0.15, -0.1) is 0 Å². The topological polar surface area (TPSA) is 29.5 Å². The lowest BCUT2D eigenvalue weighted by atomic mass is 9.92. The molecule has 0 unspecified atom stereocenters. The first-order chi connectivity index (χ1) is 12.2. The number of ether oxygens (including phenoxy) is 1. The average molecular weight is 337 g/mol. The van der Waals surface area contributed by atoms with Crippen LogP contribution in [0.5, 0.6) is 5.75 Å². The minimum absolute atomic E-state index is 0.134. The van der Waals surface area contributed by atoms with Crippen LogP contribution in [0.3, 0.4) is 0 Å².